The van der Waals surface area contributed by atoms with Gasteiger partial charge in [0, 0.05) is 32.8 Å². The normalized spacial score (nSPS) is 12.4. The fraction of sp³-hybridized carbons (Fsp3) is 0.636. The minimum atomic E-state index is -0.396. The average Bonchev–Trinajstić information content (AvgIpc) is 2.77. The molecular formula is C11H19N3O4. The number of nitrogens with one attached hydrogen (secondary N) is 2. The third kappa shape index (κ3) is 5.26. The second kappa shape index (κ2) is 7.80. The molecule has 0 spiro atoms. The topological polar surface area (TPSA) is 96.6 Å². The Balaban J connectivity index is 2.23. The molecular weight excluding hydrogens is 238 g/mol. The number of hydrogen-bond donors (Lipinski definition) is 3. The van der Waals surface area contributed by atoms with Gasteiger partial charge < -0.3 is 25.0 Å². The second-order valence-corrected chi connectivity index (χ2v) is 3.92. The molecule has 1 amide bonds. The van der Waals surface area contributed by atoms with Crippen molar-refractivity contribution >= 4 is 5.91 Å². The highest BCUT2D eigenvalue weighted by atomic mass is 16.5. The molecule has 0 fully saturated rings. The lowest BCUT2D eigenvalue weighted by atomic mass is 10.3. The molecule has 3 N–H and O–H groups in total. The van der Waals surface area contributed by atoms with Gasteiger partial charge in [0.2, 0.25) is 0 Å². The number of methoxy groups -OCH3 is 1. The summed E-state index contributed by atoms with van der Waals surface area (Å²) in [6.07, 6.45) is -0.396. The van der Waals surface area contributed by atoms with Gasteiger partial charge in [-0.3, -0.25) is 4.79 Å². The van der Waals surface area contributed by atoms with Crippen LogP contribution in [-0.2, 0) is 11.3 Å². The SMILES string of the molecule is COCc1cc(C(=O)NCCNCC(C)O)no1. The molecule has 1 rings (SSSR count). The van der Waals surface area contributed by atoms with Crippen molar-refractivity contribution < 1.29 is 19.2 Å². The molecule has 0 saturated carbocycles. The van der Waals surface area contributed by atoms with Crippen LogP contribution in [0.4, 0.5) is 0 Å². The van der Waals surface area contributed by atoms with E-state index in [1.165, 1.54) is 7.11 Å². The summed E-state index contributed by atoms with van der Waals surface area (Å²) in [7, 11) is 1.54. The number of aliphatic hydroxyl groups is 1. The summed E-state index contributed by atoms with van der Waals surface area (Å²) in [4.78, 5) is 11.6. The molecule has 1 heterocycles. The molecule has 1 atom stereocenters. The predicted octanol–water partition coefficient (Wildman–Crippen LogP) is -0.479. The van der Waals surface area contributed by atoms with E-state index in [0.29, 0.717) is 25.4 Å². The zero-order valence-electron chi connectivity index (χ0n) is 10.6. The molecule has 1 unspecified atom stereocenters. The predicted molar refractivity (Wildman–Crippen MR) is 64.1 cm³/mol. The minimum absolute atomic E-state index is 0.234. The van der Waals surface area contributed by atoms with Crippen LogP contribution in [0.1, 0.15) is 23.2 Å². The van der Waals surface area contributed by atoms with E-state index in [2.05, 4.69) is 15.8 Å². The van der Waals surface area contributed by atoms with Crippen molar-refractivity contribution in [2.24, 2.45) is 0 Å². The van der Waals surface area contributed by atoms with E-state index in [1.54, 1.807) is 13.0 Å². The summed E-state index contributed by atoms with van der Waals surface area (Å²) >= 11 is 0. The van der Waals surface area contributed by atoms with Gasteiger partial charge in [0.25, 0.3) is 5.91 Å². The number of nitrogens with zero attached hydrogens (tertiary/aromatic N) is 1. The fourth-order valence-electron chi connectivity index (χ4n) is 1.30. The Morgan fingerprint density at radius 1 is 1.61 bits per heavy atom. The van der Waals surface area contributed by atoms with E-state index in [-0.39, 0.29) is 18.2 Å². The zero-order chi connectivity index (χ0) is 13.4. The average molecular weight is 257 g/mol. The number of ether oxygens (including phenoxy) is 1. The summed E-state index contributed by atoms with van der Waals surface area (Å²) in [5.74, 6) is 0.217. The summed E-state index contributed by atoms with van der Waals surface area (Å²) in [6, 6.07) is 1.54. The van der Waals surface area contributed by atoms with Gasteiger partial charge in [-0.05, 0) is 6.92 Å². The van der Waals surface area contributed by atoms with E-state index >= 15 is 0 Å². The van der Waals surface area contributed by atoms with Crippen molar-refractivity contribution in [2.75, 3.05) is 26.7 Å². The first-order valence-electron chi connectivity index (χ1n) is 5.75. The van der Waals surface area contributed by atoms with Crippen LogP contribution >= 0.6 is 0 Å². The van der Waals surface area contributed by atoms with Gasteiger partial charge in [-0.25, -0.2) is 0 Å². The quantitative estimate of drug-likeness (QED) is 0.544. The first-order valence-corrected chi connectivity index (χ1v) is 5.75. The van der Waals surface area contributed by atoms with Crippen molar-refractivity contribution in [3.05, 3.63) is 17.5 Å². The van der Waals surface area contributed by atoms with E-state index < -0.39 is 6.10 Å². The highest BCUT2D eigenvalue weighted by Crippen LogP contribution is 2.04. The molecule has 0 aliphatic heterocycles. The summed E-state index contributed by atoms with van der Waals surface area (Å²) < 4.78 is 9.76. The Labute approximate surface area is 105 Å². The third-order valence-corrected chi connectivity index (χ3v) is 2.11. The lowest BCUT2D eigenvalue weighted by molar-refractivity contribution is 0.0944. The van der Waals surface area contributed by atoms with E-state index in [9.17, 15) is 4.79 Å². The molecule has 0 radical (unpaired) electrons. The van der Waals surface area contributed by atoms with Crippen LogP contribution in [0.2, 0.25) is 0 Å². The van der Waals surface area contributed by atoms with Crippen molar-refractivity contribution in [1.29, 1.82) is 0 Å². The van der Waals surface area contributed by atoms with E-state index in [0.717, 1.165) is 0 Å². The summed E-state index contributed by atoms with van der Waals surface area (Å²) in [6.45, 7) is 3.52. The Bertz CT molecular complexity index is 365. The van der Waals surface area contributed by atoms with Gasteiger partial charge in [0.05, 0.1) is 6.10 Å². The van der Waals surface area contributed by atoms with Crippen LogP contribution in [0.25, 0.3) is 0 Å². The standard InChI is InChI=1S/C11H19N3O4/c1-8(15)6-12-3-4-13-11(16)10-5-9(7-17-2)18-14-10/h5,8,12,15H,3-4,6-7H2,1-2H3,(H,13,16). The van der Waals surface area contributed by atoms with Gasteiger partial charge >= 0.3 is 0 Å². The van der Waals surface area contributed by atoms with Crippen molar-refractivity contribution in [2.45, 2.75) is 19.6 Å². The lowest BCUT2D eigenvalue weighted by Gasteiger charge is -2.06. The lowest BCUT2D eigenvalue weighted by Crippen LogP contribution is -2.34. The molecule has 0 aliphatic rings. The maximum Gasteiger partial charge on any atom is 0.273 e. The van der Waals surface area contributed by atoms with Crippen LogP contribution in [-0.4, -0.2) is 49.0 Å². The van der Waals surface area contributed by atoms with Crippen LogP contribution in [0.5, 0.6) is 0 Å². The molecule has 0 aliphatic carbocycles. The molecule has 102 valence electrons. The highest BCUT2D eigenvalue weighted by molar-refractivity contribution is 5.92. The summed E-state index contributed by atoms with van der Waals surface area (Å²) in [5, 5.41) is 18.3. The largest absolute Gasteiger partial charge is 0.392 e. The monoisotopic (exact) mass is 257 g/mol. The van der Waals surface area contributed by atoms with E-state index in [1.807, 2.05) is 0 Å². The fourth-order valence-corrected chi connectivity index (χ4v) is 1.30. The Kier molecular flexibility index (Phi) is 6.34. The van der Waals surface area contributed by atoms with Crippen molar-refractivity contribution in [1.82, 2.24) is 15.8 Å². The Hall–Kier alpha value is -1.44. The molecule has 0 saturated heterocycles. The third-order valence-electron chi connectivity index (χ3n) is 2.11. The number of carbonyl (C=O) groups is 1. The number of hydrogen-bond acceptors (Lipinski definition) is 6. The second-order valence-electron chi connectivity index (χ2n) is 3.92. The molecule has 7 nitrogen and oxygen atoms in total. The molecule has 1 aromatic heterocycles. The Morgan fingerprint density at radius 2 is 2.39 bits per heavy atom. The first-order chi connectivity index (χ1) is 8.63. The van der Waals surface area contributed by atoms with E-state index in [4.69, 9.17) is 14.4 Å². The number of aliphatic hydroxyl groups excluding tert-OH is 1. The van der Waals surface area contributed by atoms with Gasteiger partial charge in [-0.15, -0.1) is 0 Å². The number of carbonyl (C=O) groups excluding carboxylic acids is 1. The molecule has 0 bridgehead atoms. The van der Waals surface area contributed by atoms with Gasteiger partial charge in [0.15, 0.2) is 11.5 Å². The van der Waals surface area contributed by atoms with Gasteiger partial charge in [-0.2, -0.15) is 0 Å². The summed E-state index contributed by atoms with van der Waals surface area (Å²) in [5.41, 5.74) is 0.234. The Morgan fingerprint density at radius 3 is 3.06 bits per heavy atom. The van der Waals surface area contributed by atoms with Crippen LogP contribution in [0.15, 0.2) is 10.6 Å². The van der Waals surface area contributed by atoms with Gasteiger partial charge in [0.1, 0.15) is 6.61 Å². The molecule has 0 aromatic carbocycles. The number of rotatable bonds is 8. The maximum atomic E-state index is 11.6. The smallest absolute Gasteiger partial charge is 0.273 e. The van der Waals surface area contributed by atoms with Gasteiger partial charge in [-0.1, -0.05) is 5.16 Å². The van der Waals surface area contributed by atoms with Crippen LogP contribution in [0.3, 0.4) is 0 Å². The maximum absolute atomic E-state index is 11.6. The van der Waals surface area contributed by atoms with Crippen molar-refractivity contribution in [3.8, 4) is 0 Å². The van der Waals surface area contributed by atoms with Crippen LogP contribution in [0, 0.1) is 0 Å². The van der Waals surface area contributed by atoms with Crippen molar-refractivity contribution in [3.63, 3.8) is 0 Å². The minimum Gasteiger partial charge on any atom is -0.392 e. The number of amides is 1. The zero-order valence-corrected chi connectivity index (χ0v) is 10.6. The number of aromatic nitrogens is 1. The molecule has 1 aromatic rings. The highest BCUT2D eigenvalue weighted by Gasteiger charge is 2.11. The first kappa shape index (κ1) is 14.6. The van der Waals surface area contributed by atoms with Crippen LogP contribution < -0.4 is 10.6 Å². The molecule has 18 heavy (non-hydrogen) atoms. The molecule has 7 heteroatoms.